The van der Waals surface area contributed by atoms with Crippen LogP contribution in [-0.2, 0) is 9.53 Å². The summed E-state index contributed by atoms with van der Waals surface area (Å²) in [5.41, 5.74) is -1.91. The Morgan fingerprint density at radius 1 is 1.31 bits per heavy atom. The number of allylic oxidation sites excluding steroid dienone is 1. The summed E-state index contributed by atoms with van der Waals surface area (Å²) in [7, 11) is 0. The molecule has 2 saturated heterocycles. The molecule has 2 aliphatic heterocycles. The lowest BCUT2D eigenvalue weighted by Crippen LogP contribution is -2.81. The highest BCUT2D eigenvalue weighted by molar-refractivity contribution is 6.07. The monoisotopic (exact) mass is 362 g/mol. The van der Waals surface area contributed by atoms with Crippen LogP contribution >= 0.6 is 0 Å². The number of aliphatic hydroxyl groups is 4. The molecule has 4 N–H and O–H groups in total. The first-order chi connectivity index (χ1) is 12.2. The number of hydrogen-bond acceptors (Lipinski definition) is 6. The van der Waals surface area contributed by atoms with Crippen molar-refractivity contribution in [1.82, 2.24) is 0 Å². The molecule has 4 bridgehead atoms. The second kappa shape index (κ2) is 4.67. The normalized spacial score (nSPS) is 57.7. The Labute approximate surface area is 152 Å². The molecule has 142 valence electrons. The molecule has 6 rings (SSSR count). The second-order valence-corrected chi connectivity index (χ2v) is 9.30. The van der Waals surface area contributed by atoms with Crippen molar-refractivity contribution in [3.05, 3.63) is 23.8 Å². The van der Waals surface area contributed by atoms with E-state index >= 15 is 0 Å². The average Bonchev–Trinajstić information content (AvgIpc) is 2.73. The second-order valence-electron chi connectivity index (χ2n) is 9.30. The number of fused-ring (bicyclic) bond motifs is 2. The summed E-state index contributed by atoms with van der Waals surface area (Å²) >= 11 is 0. The molecule has 4 aliphatic carbocycles. The molecular formula is C20H26O6. The fraction of sp³-hybridized carbons (Fsp3) is 0.750. The van der Waals surface area contributed by atoms with Gasteiger partial charge in [-0.25, -0.2) is 0 Å². The zero-order chi connectivity index (χ0) is 18.7. The maximum atomic E-state index is 13.3. The van der Waals surface area contributed by atoms with Gasteiger partial charge in [-0.1, -0.05) is 26.0 Å². The molecule has 0 aromatic carbocycles. The van der Waals surface area contributed by atoms with Crippen LogP contribution in [0.3, 0.4) is 0 Å². The fourth-order valence-electron chi connectivity index (χ4n) is 7.26. The highest BCUT2D eigenvalue weighted by atomic mass is 16.6. The van der Waals surface area contributed by atoms with E-state index in [0.717, 1.165) is 12.8 Å². The average molecular weight is 362 g/mol. The molecular weight excluding hydrogens is 336 g/mol. The van der Waals surface area contributed by atoms with E-state index in [4.69, 9.17) is 4.74 Å². The van der Waals surface area contributed by atoms with Crippen LogP contribution in [0.5, 0.6) is 0 Å². The molecule has 6 heteroatoms. The summed E-state index contributed by atoms with van der Waals surface area (Å²) in [6.45, 7) is 5.87. The molecule has 8 atom stereocenters. The number of ether oxygens (including phenoxy) is 1. The van der Waals surface area contributed by atoms with Gasteiger partial charge in [-0.05, 0) is 35.8 Å². The fourth-order valence-corrected chi connectivity index (χ4v) is 7.26. The van der Waals surface area contributed by atoms with E-state index in [-0.39, 0.29) is 13.2 Å². The van der Waals surface area contributed by atoms with Crippen LogP contribution in [0.25, 0.3) is 0 Å². The van der Waals surface area contributed by atoms with Crippen molar-refractivity contribution >= 4 is 5.78 Å². The van der Waals surface area contributed by atoms with E-state index < -0.39 is 51.9 Å². The molecule has 3 saturated carbocycles. The Kier molecular flexibility index (Phi) is 3.07. The predicted octanol–water partition coefficient (Wildman–Crippen LogP) is 0.297. The summed E-state index contributed by atoms with van der Waals surface area (Å²) < 4.78 is 5.82. The van der Waals surface area contributed by atoms with Crippen molar-refractivity contribution in [2.45, 2.75) is 50.6 Å². The minimum atomic E-state index is -2.20. The number of carbonyl (C=O) groups excluding carboxylic acids is 1. The smallest absolute Gasteiger partial charge is 0.212 e. The first kappa shape index (κ1) is 17.1. The summed E-state index contributed by atoms with van der Waals surface area (Å²) in [5, 5.41) is 44.0. The molecule has 0 radical (unpaired) electrons. The largest absolute Gasteiger partial charge is 0.396 e. The van der Waals surface area contributed by atoms with E-state index in [1.165, 1.54) is 0 Å². The molecule has 26 heavy (non-hydrogen) atoms. The molecule has 0 aromatic rings. The van der Waals surface area contributed by atoms with Crippen molar-refractivity contribution < 1.29 is 30.0 Å². The quantitative estimate of drug-likeness (QED) is 0.395. The number of Topliss-reactive ketones (excluding diaryl/α,β-unsaturated/α-hetero) is 1. The van der Waals surface area contributed by atoms with E-state index in [9.17, 15) is 25.2 Å². The van der Waals surface area contributed by atoms with Gasteiger partial charge < -0.3 is 25.2 Å². The highest BCUT2D eigenvalue weighted by Crippen LogP contribution is 2.75. The first-order valence-corrected chi connectivity index (χ1v) is 9.49. The molecule has 2 spiro atoms. The molecule has 0 aromatic heterocycles. The van der Waals surface area contributed by atoms with Gasteiger partial charge in [-0.3, -0.25) is 4.79 Å². The summed E-state index contributed by atoms with van der Waals surface area (Å²) in [6, 6.07) is 0. The van der Waals surface area contributed by atoms with Gasteiger partial charge in [-0.15, -0.1) is 0 Å². The van der Waals surface area contributed by atoms with Crippen LogP contribution in [0, 0.1) is 28.1 Å². The van der Waals surface area contributed by atoms with Crippen LogP contribution < -0.4 is 0 Å². The number of ketones is 1. The number of aliphatic hydroxyl groups excluding tert-OH is 3. The minimum absolute atomic E-state index is 0.112. The third-order valence-electron chi connectivity index (χ3n) is 8.37. The first-order valence-electron chi connectivity index (χ1n) is 9.49. The van der Waals surface area contributed by atoms with Crippen molar-refractivity contribution in [3.63, 3.8) is 0 Å². The van der Waals surface area contributed by atoms with E-state index in [0.29, 0.717) is 24.0 Å². The number of rotatable bonds is 1. The molecule has 8 unspecified atom stereocenters. The van der Waals surface area contributed by atoms with Crippen molar-refractivity contribution in [2.24, 2.45) is 28.1 Å². The summed E-state index contributed by atoms with van der Waals surface area (Å²) in [5.74, 6) is -3.50. The molecule has 2 heterocycles. The highest BCUT2D eigenvalue weighted by Gasteiger charge is 2.83. The van der Waals surface area contributed by atoms with Gasteiger partial charge in [0.25, 0.3) is 0 Å². The van der Waals surface area contributed by atoms with Crippen LogP contribution in [0.2, 0.25) is 0 Å². The van der Waals surface area contributed by atoms with E-state index in [1.54, 1.807) is 0 Å². The zero-order valence-corrected chi connectivity index (χ0v) is 14.9. The standard InChI is InChI=1S/C20H26O6/c1-10-11-4-5-12-18-7-3-6-17(2,8-21)13(18)16(24)20(25,26-9-18)19(12,14(10)22)15(11)23/h5,11,13,15-16,21,23-25H,1,3-4,6-9H2,2H3. The van der Waals surface area contributed by atoms with Crippen LogP contribution in [0.4, 0.5) is 0 Å². The predicted molar refractivity (Wildman–Crippen MR) is 90.7 cm³/mol. The van der Waals surface area contributed by atoms with Crippen LogP contribution in [0.1, 0.15) is 32.6 Å². The molecule has 5 fully saturated rings. The number of hydrogen-bond donors (Lipinski definition) is 4. The minimum Gasteiger partial charge on any atom is -0.396 e. The number of carbonyl (C=O) groups is 1. The molecule has 6 aliphatic rings. The van der Waals surface area contributed by atoms with E-state index in [1.807, 2.05) is 13.0 Å². The third kappa shape index (κ3) is 1.40. The van der Waals surface area contributed by atoms with Crippen molar-refractivity contribution in [1.29, 1.82) is 0 Å². The van der Waals surface area contributed by atoms with Crippen molar-refractivity contribution in [3.8, 4) is 0 Å². The van der Waals surface area contributed by atoms with Gasteiger partial charge in [0.2, 0.25) is 5.79 Å². The lowest BCUT2D eigenvalue weighted by Gasteiger charge is -2.71. The van der Waals surface area contributed by atoms with Crippen LogP contribution in [-0.4, -0.2) is 57.4 Å². The summed E-state index contributed by atoms with van der Waals surface area (Å²) in [6.07, 6.45) is 2.21. The maximum Gasteiger partial charge on any atom is 0.212 e. The Bertz CT molecular complexity index is 759. The summed E-state index contributed by atoms with van der Waals surface area (Å²) in [4.78, 5) is 13.3. The Balaban J connectivity index is 1.82. The Hall–Kier alpha value is -1.05. The Morgan fingerprint density at radius 2 is 2.04 bits per heavy atom. The van der Waals surface area contributed by atoms with Gasteiger partial charge in [-0.2, -0.15) is 0 Å². The third-order valence-corrected chi connectivity index (χ3v) is 8.37. The Morgan fingerprint density at radius 3 is 2.73 bits per heavy atom. The SMILES string of the molecule is C=C1C(=O)C23C(=CCC1C2O)C12CCCC(C)(CO)C1C(O)C3(O)OC2. The van der Waals surface area contributed by atoms with Gasteiger partial charge in [0.15, 0.2) is 5.78 Å². The lowest BCUT2D eigenvalue weighted by atomic mass is 9.39. The maximum absolute atomic E-state index is 13.3. The van der Waals surface area contributed by atoms with E-state index in [2.05, 4.69) is 6.58 Å². The van der Waals surface area contributed by atoms with Gasteiger partial charge in [0.1, 0.15) is 11.5 Å². The topological polar surface area (TPSA) is 107 Å². The van der Waals surface area contributed by atoms with Gasteiger partial charge >= 0.3 is 0 Å². The van der Waals surface area contributed by atoms with Crippen LogP contribution in [0.15, 0.2) is 23.8 Å². The zero-order valence-electron chi connectivity index (χ0n) is 14.9. The van der Waals surface area contributed by atoms with Crippen molar-refractivity contribution in [2.75, 3.05) is 13.2 Å². The van der Waals surface area contributed by atoms with Gasteiger partial charge in [0, 0.05) is 23.9 Å². The van der Waals surface area contributed by atoms with Gasteiger partial charge in [0.05, 0.1) is 12.7 Å². The molecule has 0 amide bonds. The lowest BCUT2D eigenvalue weighted by molar-refractivity contribution is -0.404. The molecule has 6 nitrogen and oxygen atoms in total.